The van der Waals surface area contributed by atoms with Gasteiger partial charge in [0.15, 0.2) is 0 Å². The van der Waals surface area contributed by atoms with Gasteiger partial charge in [-0.2, -0.15) is 0 Å². The Morgan fingerprint density at radius 3 is 2.82 bits per heavy atom. The lowest BCUT2D eigenvalue weighted by Gasteiger charge is -2.19. The normalized spacial score (nSPS) is 25.2. The summed E-state index contributed by atoms with van der Waals surface area (Å²) in [5, 5.41) is 2.57. The smallest absolute Gasteiger partial charge is 0.293 e. The van der Waals surface area contributed by atoms with E-state index in [9.17, 15) is 4.79 Å². The van der Waals surface area contributed by atoms with Crippen LogP contribution in [0.25, 0.3) is 0 Å². The number of nitrogens with one attached hydrogen (secondary N) is 1. The molecule has 1 atom stereocenters. The quantitative estimate of drug-likeness (QED) is 0.769. The van der Waals surface area contributed by atoms with Crippen LogP contribution >= 0.6 is 0 Å². The minimum atomic E-state index is -1.03. The Balaban J connectivity index is 2.29. The van der Waals surface area contributed by atoms with Crippen molar-refractivity contribution >= 4 is 11.9 Å². The van der Waals surface area contributed by atoms with E-state index in [1.54, 1.807) is 6.92 Å². The fraction of sp³-hybridized carbons (Fsp3) is 0.231. The molecule has 0 saturated carbocycles. The zero-order chi connectivity index (χ0) is 12.3. The van der Waals surface area contributed by atoms with Crippen LogP contribution in [-0.2, 0) is 15.1 Å². The van der Waals surface area contributed by atoms with Gasteiger partial charge in [0.2, 0.25) is 5.60 Å². The third-order valence-corrected chi connectivity index (χ3v) is 2.59. The Hall–Kier alpha value is -2.28. The highest BCUT2D eigenvalue weighted by atomic mass is 16.5. The number of carbonyl (C=O) groups excluding carboxylic acids is 1. The molecule has 86 valence electrons. The number of hydrogen-bond acceptors (Lipinski definition) is 3. The number of terminal acetylenes is 1. The molecule has 0 aliphatic carbocycles. The van der Waals surface area contributed by atoms with Gasteiger partial charge in [0.1, 0.15) is 6.54 Å². The molecule has 1 aliphatic rings. The topological polar surface area (TPSA) is 50.7 Å². The Bertz CT molecular complexity index is 502. The number of carbonyl (C=O) groups is 1. The monoisotopic (exact) mass is 228 g/mol. The highest BCUT2D eigenvalue weighted by Crippen LogP contribution is 2.29. The van der Waals surface area contributed by atoms with E-state index >= 15 is 0 Å². The van der Waals surface area contributed by atoms with Crippen molar-refractivity contribution in [3.05, 3.63) is 35.9 Å². The molecule has 0 unspecified atom stereocenters. The lowest BCUT2D eigenvalue weighted by atomic mass is 9.96. The van der Waals surface area contributed by atoms with Gasteiger partial charge >= 0.3 is 0 Å². The summed E-state index contributed by atoms with van der Waals surface area (Å²) in [5.41, 5.74) is -0.252. The fourth-order valence-corrected chi connectivity index (χ4v) is 1.62. The summed E-state index contributed by atoms with van der Waals surface area (Å²) in [4.78, 5) is 15.8. The first-order valence-corrected chi connectivity index (χ1v) is 5.21. The van der Waals surface area contributed by atoms with Crippen molar-refractivity contribution in [3.63, 3.8) is 0 Å². The number of amidine groups is 1. The maximum atomic E-state index is 11.9. The first-order chi connectivity index (χ1) is 8.16. The van der Waals surface area contributed by atoms with Crippen LogP contribution in [0.1, 0.15) is 12.5 Å². The van der Waals surface area contributed by atoms with Crippen molar-refractivity contribution < 1.29 is 9.53 Å². The van der Waals surface area contributed by atoms with E-state index < -0.39 is 5.60 Å². The van der Waals surface area contributed by atoms with Gasteiger partial charge in [-0.05, 0) is 6.92 Å². The molecule has 1 amide bonds. The molecular weight excluding hydrogens is 216 g/mol. The molecule has 1 aromatic carbocycles. The Morgan fingerprint density at radius 2 is 2.18 bits per heavy atom. The first-order valence-electron chi connectivity index (χ1n) is 5.21. The molecule has 1 aliphatic heterocycles. The molecule has 1 heterocycles. The van der Waals surface area contributed by atoms with Crippen molar-refractivity contribution in [2.45, 2.75) is 12.5 Å². The second-order valence-electron chi connectivity index (χ2n) is 3.78. The average molecular weight is 228 g/mol. The minimum absolute atomic E-state index is 0.180. The summed E-state index contributed by atoms with van der Waals surface area (Å²) in [6, 6.07) is 9.45. The van der Waals surface area contributed by atoms with Gasteiger partial charge in [-0.15, -0.1) is 6.42 Å². The maximum absolute atomic E-state index is 11.9. The maximum Gasteiger partial charge on any atom is 0.293 e. The summed E-state index contributed by atoms with van der Waals surface area (Å²) in [6.07, 6.45) is 5.09. The van der Waals surface area contributed by atoms with Crippen molar-refractivity contribution in [2.75, 3.05) is 6.54 Å². The zero-order valence-electron chi connectivity index (χ0n) is 9.43. The van der Waals surface area contributed by atoms with Crippen molar-refractivity contribution in [1.82, 2.24) is 5.32 Å². The number of nitrogens with zero attached hydrogens (tertiary/aromatic N) is 1. The number of benzene rings is 1. The first kappa shape index (κ1) is 11.2. The Labute approximate surface area is 99.7 Å². The van der Waals surface area contributed by atoms with Gasteiger partial charge in [-0.1, -0.05) is 36.3 Å². The molecule has 0 bridgehead atoms. The predicted octanol–water partition coefficient (Wildman–Crippen LogP) is 1.04. The molecule has 1 N–H and O–H groups in total. The molecule has 2 rings (SSSR count). The van der Waals surface area contributed by atoms with Gasteiger partial charge in [0.25, 0.3) is 11.9 Å². The summed E-state index contributed by atoms with van der Waals surface area (Å²) in [7, 11) is 0. The van der Waals surface area contributed by atoms with E-state index in [2.05, 4.69) is 16.2 Å². The fourth-order valence-electron chi connectivity index (χ4n) is 1.62. The molecule has 17 heavy (non-hydrogen) atoms. The Morgan fingerprint density at radius 1 is 1.47 bits per heavy atom. The van der Waals surface area contributed by atoms with Crippen LogP contribution in [0.15, 0.2) is 35.3 Å². The van der Waals surface area contributed by atoms with Crippen LogP contribution < -0.4 is 5.32 Å². The van der Waals surface area contributed by atoms with Crippen LogP contribution in [-0.4, -0.2) is 18.5 Å². The van der Waals surface area contributed by atoms with E-state index in [-0.39, 0.29) is 18.5 Å². The molecule has 1 saturated heterocycles. The van der Waals surface area contributed by atoms with E-state index in [4.69, 9.17) is 11.2 Å². The molecule has 1 aromatic rings. The van der Waals surface area contributed by atoms with Gasteiger partial charge < -0.3 is 4.74 Å². The zero-order valence-corrected chi connectivity index (χ0v) is 9.43. The standard InChI is InChI=1S/C13H12N2O2/c1-3-9-14-12-15-11(16)13(2,17-12)10-7-5-4-6-8-10/h1,4-8H,9H2,2H3,(H,14,15,16)/t13-/m1/s1. The van der Waals surface area contributed by atoms with E-state index in [1.165, 1.54) is 0 Å². The Kier molecular flexibility index (Phi) is 2.84. The molecule has 4 nitrogen and oxygen atoms in total. The lowest BCUT2D eigenvalue weighted by molar-refractivity contribution is -0.130. The number of aliphatic imine (C=N–C) groups is 1. The third-order valence-electron chi connectivity index (χ3n) is 2.59. The minimum Gasteiger partial charge on any atom is -0.444 e. The molecular formula is C13H12N2O2. The average Bonchev–Trinajstić information content (AvgIpc) is 2.65. The van der Waals surface area contributed by atoms with Crippen molar-refractivity contribution in [3.8, 4) is 12.3 Å². The third kappa shape index (κ3) is 2.00. The number of hydrogen-bond donors (Lipinski definition) is 1. The van der Waals surface area contributed by atoms with Gasteiger partial charge in [0.05, 0.1) is 0 Å². The van der Waals surface area contributed by atoms with E-state index in [0.717, 1.165) is 5.56 Å². The molecule has 0 radical (unpaired) electrons. The number of ether oxygens (including phenoxy) is 1. The summed E-state index contributed by atoms with van der Waals surface area (Å²) in [6.45, 7) is 1.89. The van der Waals surface area contributed by atoms with Crippen molar-refractivity contribution in [1.29, 1.82) is 0 Å². The van der Waals surface area contributed by atoms with Gasteiger partial charge in [-0.3, -0.25) is 10.1 Å². The second-order valence-corrected chi connectivity index (χ2v) is 3.78. The summed E-state index contributed by atoms with van der Waals surface area (Å²) in [5.74, 6) is 2.12. The molecule has 1 fully saturated rings. The van der Waals surface area contributed by atoms with Crippen LogP contribution in [0.2, 0.25) is 0 Å². The number of rotatable bonds is 2. The van der Waals surface area contributed by atoms with Crippen molar-refractivity contribution in [2.24, 2.45) is 4.99 Å². The van der Waals surface area contributed by atoms with E-state index in [0.29, 0.717) is 0 Å². The lowest BCUT2D eigenvalue weighted by Crippen LogP contribution is -2.33. The molecule has 0 aromatic heterocycles. The molecule has 4 heteroatoms. The highest BCUT2D eigenvalue weighted by molar-refractivity contribution is 6.04. The van der Waals surface area contributed by atoms with Gasteiger partial charge in [-0.25, -0.2) is 4.99 Å². The predicted molar refractivity (Wildman–Crippen MR) is 64.2 cm³/mol. The van der Waals surface area contributed by atoms with Crippen LogP contribution in [0.4, 0.5) is 0 Å². The van der Waals surface area contributed by atoms with Crippen LogP contribution in [0.3, 0.4) is 0 Å². The largest absolute Gasteiger partial charge is 0.444 e. The SMILES string of the molecule is C#CCN=C1NC(=O)[C@@](C)(c2ccccc2)O1. The van der Waals surface area contributed by atoms with E-state index in [1.807, 2.05) is 30.3 Å². The summed E-state index contributed by atoms with van der Waals surface area (Å²) >= 11 is 0. The molecule has 0 spiro atoms. The van der Waals surface area contributed by atoms with Gasteiger partial charge in [0, 0.05) is 5.56 Å². The highest BCUT2D eigenvalue weighted by Gasteiger charge is 2.44. The second kappa shape index (κ2) is 4.30. The van der Waals surface area contributed by atoms with Crippen LogP contribution in [0.5, 0.6) is 0 Å². The number of amides is 1. The van der Waals surface area contributed by atoms with Crippen LogP contribution in [0, 0.1) is 12.3 Å². The summed E-state index contributed by atoms with van der Waals surface area (Å²) < 4.78 is 5.54.